The average molecular weight is 361 g/mol. The standard InChI is InChI=1S/C22H27N5/c1-5-27(6-2)20-14-12-18(13-15-20)25-21-16-22(24-17(3)23-21)26(4)19-10-8-7-9-11-19/h7-16H,5-6H2,1-4H3,(H,23,24,25). The van der Waals surface area contributed by atoms with E-state index in [9.17, 15) is 0 Å². The van der Waals surface area contributed by atoms with Crippen molar-refractivity contribution in [3.8, 4) is 0 Å². The van der Waals surface area contributed by atoms with Crippen molar-refractivity contribution in [1.82, 2.24) is 9.97 Å². The molecule has 0 spiro atoms. The molecule has 3 aromatic rings. The van der Waals surface area contributed by atoms with E-state index in [0.29, 0.717) is 0 Å². The summed E-state index contributed by atoms with van der Waals surface area (Å²) in [5.74, 6) is 2.38. The molecule has 0 saturated carbocycles. The molecule has 0 unspecified atom stereocenters. The summed E-state index contributed by atoms with van der Waals surface area (Å²) in [4.78, 5) is 13.5. The van der Waals surface area contributed by atoms with E-state index in [1.807, 2.05) is 38.2 Å². The SMILES string of the molecule is CCN(CC)c1ccc(Nc2cc(N(C)c3ccccc3)nc(C)n2)cc1. The number of benzene rings is 2. The number of rotatable bonds is 7. The second-order valence-corrected chi connectivity index (χ2v) is 6.40. The summed E-state index contributed by atoms with van der Waals surface area (Å²) in [5.41, 5.74) is 3.33. The molecule has 3 rings (SSSR count). The Morgan fingerprint density at radius 3 is 2.15 bits per heavy atom. The van der Waals surface area contributed by atoms with Crippen molar-refractivity contribution in [2.45, 2.75) is 20.8 Å². The van der Waals surface area contributed by atoms with Gasteiger partial charge in [-0.05, 0) is 57.2 Å². The Kier molecular flexibility index (Phi) is 5.91. The molecule has 27 heavy (non-hydrogen) atoms. The Balaban J connectivity index is 1.80. The lowest BCUT2D eigenvalue weighted by Crippen LogP contribution is -2.21. The second-order valence-electron chi connectivity index (χ2n) is 6.40. The molecule has 5 nitrogen and oxygen atoms in total. The molecule has 0 amide bonds. The number of nitrogens with one attached hydrogen (secondary N) is 1. The summed E-state index contributed by atoms with van der Waals surface area (Å²) >= 11 is 0. The minimum Gasteiger partial charge on any atom is -0.372 e. The maximum Gasteiger partial charge on any atom is 0.138 e. The summed E-state index contributed by atoms with van der Waals surface area (Å²) in [6, 6.07) is 20.6. The van der Waals surface area contributed by atoms with Crippen LogP contribution in [0.1, 0.15) is 19.7 Å². The highest BCUT2D eigenvalue weighted by Crippen LogP contribution is 2.25. The zero-order valence-corrected chi connectivity index (χ0v) is 16.5. The van der Waals surface area contributed by atoms with E-state index >= 15 is 0 Å². The molecule has 140 valence electrons. The topological polar surface area (TPSA) is 44.3 Å². The molecule has 1 aromatic heterocycles. The van der Waals surface area contributed by atoms with E-state index in [-0.39, 0.29) is 0 Å². The van der Waals surface area contributed by atoms with Crippen LogP contribution in [0.5, 0.6) is 0 Å². The molecule has 0 bridgehead atoms. The molecule has 1 heterocycles. The first-order valence-corrected chi connectivity index (χ1v) is 9.37. The summed E-state index contributed by atoms with van der Waals surface area (Å²) < 4.78 is 0. The molecule has 0 radical (unpaired) electrons. The van der Waals surface area contributed by atoms with E-state index in [0.717, 1.165) is 41.9 Å². The van der Waals surface area contributed by atoms with E-state index in [2.05, 4.69) is 75.3 Å². The lowest BCUT2D eigenvalue weighted by Gasteiger charge is -2.21. The van der Waals surface area contributed by atoms with Crippen molar-refractivity contribution < 1.29 is 0 Å². The molecule has 2 aromatic carbocycles. The van der Waals surface area contributed by atoms with Crippen LogP contribution in [0, 0.1) is 6.92 Å². The highest BCUT2D eigenvalue weighted by Gasteiger charge is 2.09. The number of hydrogen-bond acceptors (Lipinski definition) is 5. The molecule has 0 aliphatic carbocycles. The molecule has 5 heteroatoms. The van der Waals surface area contributed by atoms with Gasteiger partial charge < -0.3 is 15.1 Å². The minimum absolute atomic E-state index is 0.734. The maximum atomic E-state index is 4.58. The van der Waals surface area contributed by atoms with Crippen LogP contribution in [-0.4, -0.2) is 30.1 Å². The van der Waals surface area contributed by atoms with Crippen molar-refractivity contribution in [3.05, 3.63) is 66.5 Å². The normalized spacial score (nSPS) is 10.5. The van der Waals surface area contributed by atoms with Crippen LogP contribution in [0.25, 0.3) is 0 Å². The number of nitrogens with zero attached hydrogens (tertiary/aromatic N) is 4. The third kappa shape index (κ3) is 4.56. The minimum atomic E-state index is 0.734. The van der Waals surface area contributed by atoms with E-state index in [1.54, 1.807) is 0 Å². The third-order valence-corrected chi connectivity index (χ3v) is 4.58. The fraction of sp³-hybridized carbons (Fsp3) is 0.273. The maximum absolute atomic E-state index is 4.58. The van der Waals surface area contributed by atoms with Gasteiger partial charge in [0.25, 0.3) is 0 Å². The van der Waals surface area contributed by atoms with Crippen molar-refractivity contribution in [1.29, 1.82) is 0 Å². The van der Waals surface area contributed by atoms with E-state index < -0.39 is 0 Å². The first kappa shape index (κ1) is 18.7. The highest BCUT2D eigenvalue weighted by atomic mass is 15.2. The van der Waals surface area contributed by atoms with Gasteiger partial charge in [-0.1, -0.05) is 18.2 Å². The van der Waals surface area contributed by atoms with E-state index in [4.69, 9.17) is 0 Å². The fourth-order valence-electron chi connectivity index (χ4n) is 3.06. The predicted molar refractivity (Wildman–Crippen MR) is 115 cm³/mol. The Bertz CT molecular complexity index is 858. The first-order valence-electron chi connectivity index (χ1n) is 9.37. The van der Waals surface area contributed by atoms with Gasteiger partial charge in [0, 0.05) is 43.3 Å². The average Bonchev–Trinajstić information content (AvgIpc) is 2.70. The van der Waals surface area contributed by atoms with Gasteiger partial charge in [-0.2, -0.15) is 0 Å². The zero-order valence-electron chi connectivity index (χ0n) is 16.5. The Labute approximate surface area is 161 Å². The van der Waals surface area contributed by atoms with Crippen LogP contribution in [0.3, 0.4) is 0 Å². The zero-order chi connectivity index (χ0) is 19.2. The van der Waals surface area contributed by atoms with Crippen LogP contribution < -0.4 is 15.1 Å². The summed E-state index contributed by atoms with van der Waals surface area (Å²) in [6.07, 6.45) is 0. The molecule has 0 aliphatic rings. The predicted octanol–water partition coefficient (Wildman–Crippen LogP) is 5.14. The quantitative estimate of drug-likeness (QED) is 0.631. The lowest BCUT2D eigenvalue weighted by molar-refractivity contribution is 0.866. The van der Waals surface area contributed by atoms with Gasteiger partial charge in [-0.25, -0.2) is 9.97 Å². The van der Waals surface area contributed by atoms with Gasteiger partial charge in [0.1, 0.15) is 17.5 Å². The third-order valence-electron chi connectivity index (χ3n) is 4.58. The number of para-hydroxylation sites is 1. The Morgan fingerprint density at radius 1 is 0.852 bits per heavy atom. The van der Waals surface area contributed by atoms with Crippen LogP contribution in [-0.2, 0) is 0 Å². The Hall–Kier alpha value is -3.08. The smallest absolute Gasteiger partial charge is 0.138 e. The van der Waals surface area contributed by atoms with Gasteiger partial charge in [0.2, 0.25) is 0 Å². The summed E-state index contributed by atoms with van der Waals surface area (Å²) in [5, 5.41) is 3.40. The number of hydrogen-bond donors (Lipinski definition) is 1. The largest absolute Gasteiger partial charge is 0.372 e. The van der Waals surface area contributed by atoms with Crippen LogP contribution in [0.15, 0.2) is 60.7 Å². The van der Waals surface area contributed by atoms with Crippen molar-refractivity contribution in [2.75, 3.05) is 35.3 Å². The Morgan fingerprint density at radius 2 is 1.52 bits per heavy atom. The van der Waals surface area contributed by atoms with Gasteiger partial charge in [0.15, 0.2) is 0 Å². The van der Waals surface area contributed by atoms with E-state index in [1.165, 1.54) is 5.69 Å². The van der Waals surface area contributed by atoms with Gasteiger partial charge in [0.05, 0.1) is 0 Å². The molecule has 0 fully saturated rings. The highest BCUT2D eigenvalue weighted by molar-refractivity contribution is 5.66. The summed E-state index contributed by atoms with van der Waals surface area (Å²) in [6.45, 7) is 8.26. The number of anilines is 5. The lowest BCUT2D eigenvalue weighted by atomic mass is 10.2. The summed E-state index contributed by atoms with van der Waals surface area (Å²) in [7, 11) is 2.01. The molecule has 0 atom stereocenters. The molecule has 0 aliphatic heterocycles. The van der Waals surface area contributed by atoms with Gasteiger partial charge >= 0.3 is 0 Å². The second kappa shape index (κ2) is 8.54. The monoisotopic (exact) mass is 361 g/mol. The van der Waals surface area contributed by atoms with Gasteiger partial charge in [-0.3, -0.25) is 0 Å². The number of aryl methyl sites for hydroxylation is 1. The number of aromatic nitrogens is 2. The molecule has 0 saturated heterocycles. The van der Waals surface area contributed by atoms with Crippen LogP contribution in [0.2, 0.25) is 0 Å². The van der Waals surface area contributed by atoms with Crippen LogP contribution >= 0.6 is 0 Å². The van der Waals surface area contributed by atoms with Crippen molar-refractivity contribution in [3.63, 3.8) is 0 Å². The fourth-order valence-corrected chi connectivity index (χ4v) is 3.06. The van der Waals surface area contributed by atoms with Gasteiger partial charge in [-0.15, -0.1) is 0 Å². The molecular weight excluding hydrogens is 334 g/mol. The molecule has 1 N–H and O–H groups in total. The van der Waals surface area contributed by atoms with Crippen molar-refractivity contribution >= 4 is 28.7 Å². The van der Waals surface area contributed by atoms with Crippen molar-refractivity contribution in [2.24, 2.45) is 0 Å². The first-order chi connectivity index (χ1) is 13.1. The molecular formula is C22H27N5. The van der Waals surface area contributed by atoms with Crippen LogP contribution in [0.4, 0.5) is 28.7 Å².